The van der Waals surface area contributed by atoms with E-state index in [1.165, 1.54) is 63.0 Å². The molecule has 1 aliphatic heterocycles. The molecule has 6 aliphatic rings. The first-order chi connectivity index (χ1) is 22.8. The van der Waals surface area contributed by atoms with Gasteiger partial charge >= 0.3 is 297 Å². The van der Waals surface area contributed by atoms with Gasteiger partial charge in [-0.25, -0.2) is 0 Å². The second kappa shape index (κ2) is 12.6. The van der Waals surface area contributed by atoms with Gasteiger partial charge in [0.25, 0.3) is 0 Å². The predicted molar refractivity (Wildman–Crippen MR) is 195 cm³/mol. The molecule has 48 heavy (non-hydrogen) atoms. The second-order valence-electron chi connectivity index (χ2n) is 19.1. The Labute approximate surface area is 295 Å². The summed E-state index contributed by atoms with van der Waals surface area (Å²) in [4.78, 5) is 25.8. The number of ketones is 1. The zero-order valence-electron chi connectivity index (χ0n) is 31.2. The Bertz CT molecular complexity index is 1370. The van der Waals surface area contributed by atoms with Crippen LogP contribution in [0.25, 0.3) is 0 Å². The molecule has 1 heterocycles. The van der Waals surface area contributed by atoms with Crippen LogP contribution in [0.2, 0.25) is 13.3 Å². The normalized spacial score (nSPS) is 41.4. The van der Waals surface area contributed by atoms with E-state index in [4.69, 9.17) is 9.78 Å². The topological polar surface area (TPSA) is 76.0 Å². The average molecular weight is 770 g/mol. The van der Waals surface area contributed by atoms with Gasteiger partial charge in [-0.3, -0.25) is 0 Å². The van der Waals surface area contributed by atoms with E-state index in [-0.39, 0.29) is 23.2 Å². The third-order valence-corrected chi connectivity index (χ3v) is 31.2. The quantitative estimate of drug-likeness (QED) is 0.184. The molecule has 268 valence electrons. The Morgan fingerprint density at radius 3 is 2.21 bits per heavy atom. The molecule has 2 spiro atoms. The number of hydrogen-bond acceptors (Lipinski definition) is 5. The predicted octanol–water partition coefficient (Wildman–Crippen LogP) is 8.93. The molecule has 1 unspecified atom stereocenters. The van der Waals surface area contributed by atoms with Gasteiger partial charge in [0.05, 0.1) is 0 Å². The Kier molecular flexibility index (Phi) is 9.42. The molecule has 4 saturated carbocycles. The van der Waals surface area contributed by atoms with E-state index < -0.39 is 46.0 Å². The number of carbonyl (C=O) groups is 1. The fraction of sp³-hybridized carbons (Fsp3) is 0.833. The standard InChI is InChI=1S/C30H39O5.3C4H9.Sn/c1-25(2)16-27(35-34-18-25)12-13-28-14-19-6-4-5-7-20(19)23-15-26(3)21(8-9-24(26)31)22(30(23,28)33)10-11-29(28,32)17-27;3*1-3-4-2;/h5-7,21-23,32-33H,8-18H2,1-3H3;3*1,3-4H2,2H3;/t21-,22-,23+,26-,27?,28+,29+,30-;;;;/m0..../s1. The van der Waals surface area contributed by atoms with E-state index in [1.54, 1.807) is 3.58 Å². The van der Waals surface area contributed by atoms with Crippen molar-refractivity contribution in [2.24, 2.45) is 28.1 Å². The van der Waals surface area contributed by atoms with Crippen LogP contribution in [0.1, 0.15) is 155 Å². The fourth-order valence-corrected chi connectivity index (χ4v) is 29.4. The average Bonchev–Trinajstić information content (AvgIpc) is 3.33. The molecule has 2 N–H and O–H groups in total. The van der Waals surface area contributed by atoms with Crippen molar-refractivity contribution in [3.63, 3.8) is 0 Å². The first kappa shape index (κ1) is 35.9. The molecule has 5 aliphatic carbocycles. The van der Waals surface area contributed by atoms with Crippen molar-refractivity contribution >= 4 is 27.7 Å². The van der Waals surface area contributed by atoms with E-state index in [1.807, 2.05) is 0 Å². The minimum atomic E-state index is -2.75. The third-order valence-electron chi connectivity index (χ3n) is 15.6. The van der Waals surface area contributed by atoms with Crippen LogP contribution in [0.15, 0.2) is 18.2 Å². The summed E-state index contributed by atoms with van der Waals surface area (Å²) in [6.45, 7) is 14.3. The summed E-state index contributed by atoms with van der Waals surface area (Å²) in [5, 5.41) is 27.0. The van der Waals surface area contributed by atoms with Crippen molar-refractivity contribution in [2.75, 3.05) is 6.61 Å². The SMILES string of the molecule is CCC[CH2][Sn]([CH2]CCC)([CH2]CCC)[c]1ccc2c(c1)C[C@]13CCC4(CC(C)(C)COO4)C[C@]1(O)CC[C@H]1[C@@H]4CCC(=O)[C@@]4(C)C[C@H]2[C@@]13O. The van der Waals surface area contributed by atoms with Crippen LogP contribution in [0.4, 0.5) is 0 Å². The monoisotopic (exact) mass is 770 g/mol. The van der Waals surface area contributed by atoms with Crippen LogP contribution in [0, 0.1) is 28.1 Å². The molecule has 0 amide bonds. The second-order valence-corrected chi connectivity index (χ2v) is 32.3. The zero-order valence-corrected chi connectivity index (χ0v) is 34.1. The molecule has 5 nitrogen and oxygen atoms in total. The van der Waals surface area contributed by atoms with Crippen LogP contribution in [0.3, 0.4) is 0 Å². The van der Waals surface area contributed by atoms with Gasteiger partial charge in [0.15, 0.2) is 0 Å². The van der Waals surface area contributed by atoms with E-state index in [2.05, 4.69) is 59.7 Å². The van der Waals surface area contributed by atoms with Gasteiger partial charge in [-0.15, -0.1) is 0 Å². The Morgan fingerprint density at radius 2 is 1.56 bits per heavy atom. The third kappa shape index (κ3) is 5.22. The van der Waals surface area contributed by atoms with Crippen molar-refractivity contribution in [2.45, 2.75) is 180 Å². The summed E-state index contributed by atoms with van der Waals surface area (Å²) in [7, 11) is 0. The summed E-state index contributed by atoms with van der Waals surface area (Å²) in [5.41, 5.74) is -1.01. The van der Waals surface area contributed by atoms with Crippen LogP contribution < -0.4 is 3.58 Å². The minimum absolute atomic E-state index is 0.0214. The summed E-state index contributed by atoms with van der Waals surface area (Å²) in [5.74, 6) is 0.501. The van der Waals surface area contributed by atoms with E-state index >= 15 is 0 Å². The van der Waals surface area contributed by atoms with Gasteiger partial charge in [0.2, 0.25) is 0 Å². The number of carbonyl (C=O) groups excluding carboxylic acids is 1. The van der Waals surface area contributed by atoms with Crippen LogP contribution in [-0.2, 0) is 21.0 Å². The van der Waals surface area contributed by atoms with Crippen LogP contribution >= 0.6 is 0 Å². The number of Topliss-reactive ketones (excluding diaryl/α,β-unsaturated/α-hetero) is 1. The van der Waals surface area contributed by atoms with Crippen molar-refractivity contribution in [3.8, 4) is 0 Å². The molecule has 1 aromatic rings. The molecule has 7 rings (SSSR count). The molecule has 5 fully saturated rings. The number of rotatable bonds is 10. The Hall–Kier alpha value is -0.471. The maximum atomic E-state index is 13.8. The molecular formula is C42H66O5Sn. The van der Waals surface area contributed by atoms with Crippen LogP contribution in [-0.4, -0.2) is 57.8 Å². The molecule has 0 radical (unpaired) electrons. The van der Waals surface area contributed by atoms with Gasteiger partial charge in [0.1, 0.15) is 0 Å². The fourth-order valence-electron chi connectivity index (χ4n) is 13.4. The number of benzene rings is 1. The molecule has 1 saturated heterocycles. The molecule has 6 heteroatoms. The molecule has 0 aromatic heterocycles. The summed E-state index contributed by atoms with van der Waals surface area (Å²) >= 11 is -2.75. The first-order valence-corrected chi connectivity index (χ1v) is 27.7. The van der Waals surface area contributed by atoms with Crippen LogP contribution in [0.5, 0.6) is 0 Å². The van der Waals surface area contributed by atoms with Crippen molar-refractivity contribution in [1.82, 2.24) is 0 Å². The molecule has 8 atom stereocenters. The molecule has 1 aromatic carbocycles. The Balaban J connectivity index is 1.38. The number of hydrogen-bond donors (Lipinski definition) is 2. The van der Waals surface area contributed by atoms with Crippen molar-refractivity contribution in [1.29, 1.82) is 0 Å². The summed E-state index contributed by atoms with van der Waals surface area (Å²) < 4.78 is 5.97. The van der Waals surface area contributed by atoms with E-state index in [9.17, 15) is 15.0 Å². The zero-order chi connectivity index (χ0) is 34.2. The van der Waals surface area contributed by atoms with Gasteiger partial charge < -0.3 is 0 Å². The summed E-state index contributed by atoms with van der Waals surface area (Å²) in [6.07, 6.45) is 15.1. The number of fused-ring (bicyclic) bond motifs is 4. The number of aliphatic hydroxyl groups is 2. The van der Waals surface area contributed by atoms with Crippen molar-refractivity contribution < 1.29 is 24.8 Å². The summed E-state index contributed by atoms with van der Waals surface area (Å²) in [6, 6.07) is 7.61. The van der Waals surface area contributed by atoms with Gasteiger partial charge in [-0.1, -0.05) is 0 Å². The maximum absolute atomic E-state index is 13.8. The van der Waals surface area contributed by atoms with E-state index in [0.717, 1.165) is 38.5 Å². The van der Waals surface area contributed by atoms with E-state index in [0.29, 0.717) is 38.1 Å². The molecule has 0 bridgehead atoms. The van der Waals surface area contributed by atoms with Gasteiger partial charge in [-0.2, -0.15) is 0 Å². The Morgan fingerprint density at radius 1 is 0.875 bits per heavy atom. The molecular weight excluding hydrogens is 703 g/mol. The van der Waals surface area contributed by atoms with Gasteiger partial charge in [0, 0.05) is 0 Å². The van der Waals surface area contributed by atoms with Crippen molar-refractivity contribution in [3.05, 3.63) is 29.3 Å². The number of unbranched alkanes of at least 4 members (excludes halogenated alkanes) is 3. The van der Waals surface area contributed by atoms with Gasteiger partial charge in [-0.05, 0) is 0 Å². The first-order valence-electron chi connectivity index (χ1n) is 20.2.